The van der Waals surface area contributed by atoms with Crippen molar-refractivity contribution in [1.82, 2.24) is 9.78 Å². The van der Waals surface area contributed by atoms with Gasteiger partial charge in [0.05, 0.1) is 31.3 Å². The number of aromatic nitrogens is 2. The summed E-state index contributed by atoms with van der Waals surface area (Å²) in [6.07, 6.45) is 1.18. The molecule has 0 unspecified atom stereocenters. The van der Waals surface area contributed by atoms with E-state index in [-0.39, 0.29) is 149 Å². The van der Waals surface area contributed by atoms with Gasteiger partial charge in [0.25, 0.3) is 0 Å². The number of rotatable bonds is 10. The van der Waals surface area contributed by atoms with Crippen molar-refractivity contribution < 1.29 is 133 Å². The van der Waals surface area contributed by atoms with E-state index in [4.69, 9.17) is 23.2 Å². The van der Waals surface area contributed by atoms with Gasteiger partial charge >= 0.3 is 103 Å². The first-order chi connectivity index (χ1) is 17.7. The molecule has 202 valence electrons. The Balaban J connectivity index is 0.00000400. The van der Waals surface area contributed by atoms with Crippen molar-refractivity contribution >= 4 is 60.6 Å². The quantitative estimate of drug-likeness (QED) is 0.136. The zero-order valence-corrected chi connectivity index (χ0v) is 30.8. The molecule has 0 saturated heterocycles. The molecule has 0 radical (unpaired) electrons. The molecule has 0 spiro atoms. The van der Waals surface area contributed by atoms with Gasteiger partial charge < -0.3 is 14.0 Å². The van der Waals surface area contributed by atoms with E-state index in [0.29, 0.717) is 12.2 Å². The minimum absolute atomic E-state index is 0. The molecule has 40 heavy (non-hydrogen) atoms. The first kappa shape index (κ1) is 38.2. The second-order valence-corrected chi connectivity index (χ2v) is 11.3. The Morgan fingerprint density at radius 1 is 1.10 bits per heavy atom. The number of nitrogens with zero attached hydrogens (tertiary/aromatic N) is 6. The largest absolute Gasteiger partial charge is 1.00 e. The summed E-state index contributed by atoms with van der Waals surface area (Å²) in [6, 6.07) is 7.55. The number of azo groups is 1. The molecule has 1 aromatic heterocycles. The van der Waals surface area contributed by atoms with Crippen LogP contribution in [0.25, 0.3) is 5.69 Å². The van der Waals surface area contributed by atoms with E-state index < -0.39 is 36.7 Å². The van der Waals surface area contributed by atoms with Crippen molar-refractivity contribution in [2.75, 3.05) is 23.7 Å². The van der Waals surface area contributed by atoms with E-state index in [0.717, 1.165) is 29.1 Å². The first-order valence-electron chi connectivity index (χ1n) is 10.6. The van der Waals surface area contributed by atoms with E-state index in [9.17, 15) is 35.6 Å². The van der Waals surface area contributed by atoms with Crippen LogP contribution in [0.2, 0.25) is 10.0 Å². The standard InChI is InChI=1S/C21H19Cl2FN6O6S2.2K/c1-2-29(6-3-7-37(31,32)33)14-4-5-19(18(24)8-14)27-28-21-13(11-25)12-26-30(21)20-16(22)9-15(10-17(20)23)38(34,35)36;;/h4-5,8-10,12H,2-3,6-7H2,1H3,(H,31,32,33)(H,34,35,36);;/q;2*+1/p-2. The summed E-state index contributed by atoms with van der Waals surface area (Å²) < 4.78 is 82.3. The first-order valence-corrected chi connectivity index (χ1v) is 14.3. The van der Waals surface area contributed by atoms with Crippen LogP contribution in [-0.2, 0) is 20.2 Å². The van der Waals surface area contributed by atoms with Crippen LogP contribution in [0.5, 0.6) is 0 Å². The van der Waals surface area contributed by atoms with E-state index >= 15 is 0 Å². The summed E-state index contributed by atoms with van der Waals surface area (Å²) in [4.78, 5) is 0.999. The van der Waals surface area contributed by atoms with Gasteiger partial charge in [0.1, 0.15) is 33.1 Å². The predicted molar refractivity (Wildman–Crippen MR) is 134 cm³/mol. The smallest absolute Gasteiger partial charge is 0.748 e. The fourth-order valence-corrected chi connectivity index (χ4v) is 5.13. The maximum Gasteiger partial charge on any atom is 1.00 e. The average Bonchev–Trinajstić information content (AvgIpc) is 3.21. The SMILES string of the molecule is CCN(CCCS(=O)(=O)[O-])c1ccc(N=Nc2c(C#N)cnn2-c2c(Cl)cc(S(=O)(=O)[O-])cc2Cl)c(F)c1.[K+].[K+]. The minimum Gasteiger partial charge on any atom is -0.748 e. The van der Waals surface area contributed by atoms with Crippen molar-refractivity contribution in [1.29, 1.82) is 5.26 Å². The molecular formula is C21H17Cl2FK2N6O6S2. The Labute approximate surface area is 325 Å². The number of halogens is 3. The molecule has 0 N–H and O–H groups in total. The molecule has 3 rings (SSSR count). The average molecular weight is 682 g/mol. The molecule has 3 aromatic rings. The van der Waals surface area contributed by atoms with Crippen LogP contribution < -0.4 is 108 Å². The van der Waals surface area contributed by atoms with Crippen molar-refractivity contribution in [3.63, 3.8) is 0 Å². The van der Waals surface area contributed by atoms with Gasteiger partial charge in [0, 0.05) is 24.5 Å². The minimum atomic E-state index is -4.86. The van der Waals surface area contributed by atoms with Gasteiger partial charge in [-0.3, -0.25) is 0 Å². The van der Waals surface area contributed by atoms with Gasteiger partial charge in [0.2, 0.25) is 0 Å². The Bertz CT molecular complexity index is 1640. The van der Waals surface area contributed by atoms with Crippen LogP contribution >= 0.6 is 23.2 Å². The topological polar surface area (TPSA) is 184 Å². The summed E-state index contributed by atoms with van der Waals surface area (Å²) in [6.45, 7) is 2.39. The molecule has 0 amide bonds. The molecule has 0 aliphatic rings. The molecule has 12 nitrogen and oxygen atoms in total. The number of hydrogen-bond acceptors (Lipinski definition) is 11. The monoisotopic (exact) mass is 680 g/mol. The second kappa shape index (κ2) is 16.3. The van der Waals surface area contributed by atoms with E-state index in [1.165, 1.54) is 12.1 Å². The Kier molecular flexibility index (Phi) is 15.5. The Morgan fingerprint density at radius 2 is 1.73 bits per heavy atom. The normalized spacial score (nSPS) is 11.5. The van der Waals surface area contributed by atoms with Crippen molar-refractivity contribution in [2.24, 2.45) is 10.2 Å². The molecule has 1 heterocycles. The number of nitriles is 1. The molecule has 0 saturated carbocycles. The maximum absolute atomic E-state index is 14.8. The summed E-state index contributed by atoms with van der Waals surface area (Å²) in [7, 11) is -9.22. The Hall–Kier alpha value is 0.143. The molecule has 2 aromatic carbocycles. The van der Waals surface area contributed by atoms with Crippen molar-refractivity contribution in [3.8, 4) is 11.8 Å². The van der Waals surface area contributed by atoms with Crippen LogP contribution in [0.15, 0.2) is 51.7 Å². The summed E-state index contributed by atoms with van der Waals surface area (Å²) in [5, 5.41) is 20.6. The van der Waals surface area contributed by atoms with Crippen molar-refractivity contribution in [2.45, 2.75) is 18.2 Å². The van der Waals surface area contributed by atoms with Gasteiger partial charge in [-0.25, -0.2) is 25.9 Å². The van der Waals surface area contributed by atoms with E-state index in [1.54, 1.807) is 11.8 Å². The molecular weight excluding hydrogens is 665 g/mol. The molecule has 0 bridgehead atoms. The van der Waals surface area contributed by atoms with Gasteiger partial charge in [-0.15, -0.1) is 10.2 Å². The summed E-state index contributed by atoms with van der Waals surface area (Å²) >= 11 is 12.3. The van der Waals surface area contributed by atoms with Crippen LogP contribution in [0.4, 0.5) is 21.6 Å². The molecule has 0 atom stereocenters. The zero-order chi connectivity index (χ0) is 28.3. The van der Waals surface area contributed by atoms with E-state index in [2.05, 4.69) is 15.3 Å². The van der Waals surface area contributed by atoms with Gasteiger partial charge in [-0.2, -0.15) is 10.4 Å². The van der Waals surface area contributed by atoms with Crippen LogP contribution in [-0.4, -0.2) is 54.6 Å². The Morgan fingerprint density at radius 3 is 2.23 bits per heavy atom. The number of benzene rings is 2. The van der Waals surface area contributed by atoms with Crippen LogP contribution in [0, 0.1) is 17.1 Å². The summed E-state index contributed by atoms with van der Waals surface area (Å²) in [5.41, 5.74) is 0.0187. The fraction of sp³-hybridized carbons (Fsp3) is 0.238. The molecule has 0 aliphatic carbocycles. The predicted octanol–water partition coefficient (Wildman–Crippen LogP) is -1.72. The van der Waals surface area contributed by atoms with Crippen LogP contribution in [0.1, 0.15) is 18.9 Å². The summed E-state index contributed by atoms with van der Waals surface area (Å²) in [5.74, 6) is -1.53. The van der Waals surface area contributed by atoms with Crippen LogP contribution in [0.3, 0.4) is 0 Å². The fourth-order valence-electron chi connectivity index (χ4n) is 3.35. The van der Waals surface area contributed by atoms with Gasteiger partial charge in [-0.1, -0.05) is 23.2 Å². The number of anilines is 1. The zero-order valence-electron chi connectivity index (χ0n) is 21.4. The second-order valence-electron chi connectivity index (χ2n) is 7.63. The van der Waals surface area contributed by atoms with Gasteiger partial charge in [0.15, 0.2) is 11.6 Å². The molecule has 0 aliphatic heterocycles. The van der Waals surface area contributed by atoms with Gasteiger partial charge in [-0.05, 0) is 43.7 Å². The molecule has 19 heteroatoms. The third-order valence-electron chi connectivity index (χ3n) is 5.11. The third kappa shape index (κ3) is 10.1. The number of hydrogen-bond donors (Lipinski definition) is 0. The molecule has 0 fully saturated rings. The maximum atomic E-state index is 14.8. The van der Waals surface area contributed by atoms with Crippen molar-refractivity contribution in [3.05, 3.63) is 58.0 Å². The van der Waals surface area contributed by atoms with E-state index in [1.807, 2.05) is 6.07 Å². The third-order valence-corrected chi connectivity index (χ3v) is 7.29.